The molecule has 170 valence electrons. The molecule has 1 aromatic carbocycles. The van der Waals surface area contributed by atoms with Crippen molar-refractivity contribution in [1.82, 2.24) is 14.8 Å². The van der Waals surface area contributed by atoms with Crippen LogP contribution in [0.5, 0.6) is 0 Å². The first-order valence-electron chi connectivity index (χ1n) is 10.9. The first-order valence-corrected chi connectivity index (χ1v) is 12.5. The van der Waals surface area contributed by atoms with E-state index >= 15 is 0 Å². The van der Waals surface area contributed by atoms with Gasteiger partial charge in [-0.3, -0.25) is 9.69 Å². The van der Waals surface area contributed by atoms with E-state index in [1.54, 1.807) is 11.3 Å². The smallest absolute Gasteiger partial charge is 0.224 e. The van der Waals surface area contributed by atoms with Crippen molar-refractivity contribution in [3.8, 4) is 0 Å². The number of carbonyl (C=O) groups excluding carboxylic acids is 1. The van der Waals surface area contributed by atoms with Crippen molar-refractivity contribution in [2.45, 2.75) is 39.4 Å². The van der Waals surface area contributed by atoms with E-state index in [-0.39, 0.29) is 18.4 Å². The summed E-state index contributed by atoms with van der Waals surface area (Å²) < 4.78 is 8.50. The number of nitrogens with zero attached hydrogens (tertiary/aromatic N) is 2. The Morgan fingerprint density at radius 3 is 2.66 bits per heavy atom. The third-order valence-electron chi connectivity index (χ3n) is 5.62. The molecule has 0 aliphatic carbocycles. The van der Waals surface area contributed by atoms with Gasteiger partial charge in [0, 0.05) is 53.7 Å². The molecule has 8 heteroatoms. The zero-order valence-corrected chi connectivity index (χ0v) is 20.8. The molecule has 0 spiro atoms. The van der Waals surface area contributed by atoms with Crippen molar-refractivity contribution in [2.75, 3.05) is 26.3 Å². The van der Waals surface area contributed by atoms with Gasteiger partial charge in [0.25, 0.3) is 0 Å². The van der Waals surface area contributed by atoms with Crippen LogP contribution in [0, 0.1) is 4.51 Å². The number of ether oxygens (including phenoxy) is 1. The van der Waals surface area contributed by atoms with E-state index in [4.69, 9.17) is 28.6 Å². The molecular formula is C24H28ClN3O2S2. The Hall–Kier alpha value is -1.77. The number of hydrogen-bond acceptors (Lipinski definition) is 5. The van der Waals surface area contributed by atoms with E-state index in [1.807, 2.05) is 24.3 Å². The number of pyridine rings is 1. The molecule has 5 nitrogen and oxygen atoms in total. The zero-order chi connectivity index (χ0) is 22.7. The highest BCUT2D eigenvalue weighted by atomic mass is 35.5. The fourth-order valence-electron chi connectivity index (χ4n) is 3.85. The van der Waals surface area contributed by atoms with E-state index in [0.29, 0.717) is 11.6 Å². The number of halogens is 1. The first-order chi connectivity index (χ1) is 15.4. The molecule has 4 rings (SSSR count). The molecule has 1 fully saturated rings. The van der Waals surface area contributed by atoms with Crippen LogP contribution in [0.3, 0.4) is 0 Å². The van der Waals surface area contributed by atoms with Gasteiger partial charge in [-0.05, 0) is 43.2 Å². The first kappa shape index (κ1) is 23.4. The summed E-state index contributed by atoms with van der Waals surface area (Å²) in [5.41, 5.74) is 1.91. The topological polar surface area (TPSA) is 46.5 Å². The fraction of sp³-hybridized carbons (Fsp3) is 0.417. The number of thiophene rings is 1. The van der Waals surface area contributed by atoms with E-state index < -0.39 is 0 Å². The van der Waals surface area contributed by atoms with Crippen LogP contribution in [-0.4, -0.2) is 41.7 Å². The van der Waals surface area contributed by atoms with Crippen LogP contribution in [-0.2, 0) is 29.0 Å². The summed E-state index contributed by atoms with van der Waals surface area (Å²) in [5, 5.41) is 4.76. The average Bonchev–Trinajstić information content (AvgIpc) is 3.19. The molecule has 0 radical (unpaired) electrons. The summed E-state index contributed by atoms with van der Waals surface area (Å²) >= 11 is 13.6. The number of benzene rings is 1. The Labute approximate surface area is 202 Å². The number of nitrogens with one attached hydrogen (secondary N) is 1. The van der Waals surface area contributed by atoms with Gasteiger partial charge in [-0.15, -0.1) is 11.3 Å². The summed E-state index contributed by atoms with van der Waals surface area (Å²) in [4.78, 5) is 17.6. The van der Waals surface area contributed by atoms with Crippen molar-refractivity contribution >= 4 is 51.3 Å². The van der Waals surface area contributed by atoms with E-state index in [0.717, 1.165) is 53.9 Å². The fourth-order valence-corrected chi connectivity index (χ4v) is 5.63. The van der Waals surface area contributed by atoms with Gasteiger partial charge in [0.15, 0.2) is 0 Å². The second kappa shape index (κ2) is 10.4. The molecule has 0 bridgehead atoms. The Balaban J connectivity index is 1.54. The van der Waals surface area contributed by atoms with Crippen LogP contribution in [0.1, 0.15) is 35.9 Å². The normalized spacial score (nSPS) is 14.9. The molecule has 1 N–H and O–H groups in total. The third kappa shape index (κ3) is 5.58. The Bertz CT molecular complexity index is 1150. The molecular weight excluding hydrogens is 462 g/mol. The Morgan fingerprint density at radius 1 is 1.25 bits per heavy atom. The lowest BCUT2D eigenvalue weighted by molar-refractivity contribution is -0.120. The van der Waals surface area contributed by atoms with Crippen molar-refractivity contribution in [1.29, 1.82) is 0 Å². The lowest BCUT2D eigenvalue weighted by atomic mass is 10.1. The highest BCUT2D eigenvalue weighted by Crippen LogP contribution is 2.31. The summed E-state index contributed by atoms with van der Waals surface area (Å²) in [6, 6.07) is 9.98. The van der Waals surface area contributed by atoms with Crippen LogP contribution in [0.15, 0.2) is 36.5 Å². The van der Waals surface area contributed by atoms with Gasteiger partial charge in [-0.2, -0.15) is 0 Å². The maximum atomic E-state index is 12.7. The minimum absolute atomic E-state index is 0.0375. The van der Waals surface area contributed by atoms with Gasteiger partial charge in [0.2, 0.25) is 5.91 Å². The monoisotopic (exact) mass is 489 g/mol. The van der Waals surface area contributed by atoms with Crippen LogP contribution < -0.4 is 5.32 Å². The van der Waals surface area contributed by atoms with Gasteiger partial charge < -0.3 is 14.6 Å². The predicted octanol–water partition coefficient (Wildman–Crippen LogP) is 5.36. The SMILES string of the molecule is CC(C)n1cc(CC(=O)NCc2ccc(Cl)cc2)c(=S)c2cc(CN3CCOCC3)sc21. The van der Waals surface area contributed by atoms with E-state index in [9.17, 15) is 4.79 Å². The van der Waals surface area contributed by atoms with Crippen LogP contribution in [0.2, 0.25) is 5.02 Å². The number of hydrogen-bond donors (Lipinski definition) is 1. The quantitative estimate of drug-likeness (QED) is 0.454. The van der Waals surface area contributed by atoms with Crippen LogP contribution in [0.25, 0.3) is 10.2 Å². The zero-order valence-electron chi connectivity index (χ0n) is 18.4. The molecule has 0 unspecified atom stereocenters. The molecule has 0 saturated carbocycles. The number of rotatable bonds is 7. The minimum atomic E-state index is -0.0375. The van der Waals surface area contributed by atoms with E-state index in [2.05, 4.69) is 40.9 Å². The molecule has 1 aliphatic heterocycles. The van der Waals surface area contributed by atoms with Gasteiger partial charge in [-0.25, -0.2) is 0 Å². The number of aromatic nitrogens is 1. The molecule has 1 saturated heterocycles. The number of fused-ring (bicyclic) bond motifs is 1. The number of morpholine rings is 1. The molecule has 0 atom stereocenters. The third-order valence-corrected chi connectivity index (χ3v) is 7.49. The van der Waals surface area contributed by atoms with Crippen LogP contribution in [0.4, 0.5) is 0 Å². The molecule has 32 heavy (non-hydrogen) atoms. The van der Waals surface area contributed by atoms with Gasteiger partial charge in [-0.1, -0.05) is 36.0 Å². The van der Waals surface area contributed by atoms with Gasteiger partial charge in [0.05, 0.1) is 24.1 Å². The van der Waals surface area contributed by atoms with Crippen molar-refractivity contribution in [3.63, 3.8) is 0 Å². The summed E-state index contributed by atoms with van der Waals surface area (Å²) in [7, 11) is 0. The largest absolute Gasteiger partial charge is 0.379 e. The van der Waals surface area contributed by atoms with Crippen LogP contribution >= 0.6 is 35.2 Å². The molecule has 1 amide bonds. The standard InChI is InChI=1S/C24H28ClN3O2S2/c1-16(2)28-14-18(11-22(29)26-13-17-3-5-19(25)6-4-17)23(31)21-12-20(32-24(21)28)15-27-7-9-30-10-8-27/h3-6,12,14,16H,7-11,13,15H2,1-2H3,(H,26,29). The molecule has 1 aliphatic rings. The van der Waals surface area contributed by atoms with Gasteiger partial charge in [0.1, 0.15) is 4.83 Å². The maximum Gasteiger partial charge on any atom is 0.224 e. The average molecular weight is 490 g/mol. The molecule has 3 heterocycles. The second-order valence-corrected chi connectivity index (χ2v) is 10.3. The van der Waals surface area contributed by atoms with Crippen molar-refractivity contribution < 1.29 is 9.53 Å². The summed E-state index contributed by atoms with van der Waals surface area (Å²) in [6.07, 6.45) is 2.33. The highest BCUT2D eigenvalue weighted by molar-refractivity contribution is 7.71. The van der Waals surface area contributed by atoms with Crippen molar-refractivity contribution in [3.05, 3.63) is 62.1 Å². The Kier molecular flexibility index (Phi) is 7.63. The lowest BCUT2D eigenvalue weighted by Gasteiger charge is -2.25. The summed E-state index contributed by atoms with van der Waals surface area (Å²) in [5.74, 6) is -0.0375. The minimum Gasteiger partial charge on any atom is -0.379 e. The Morgan fingerprint density at radius 2 is 1.97 bits per heavy atom. The summed E-state index contributed by atoms with van der Waals surface area (Å²) in [6.45, 7) is 9.19. The second-order valence-electron chi connectivity index (χ2n) is 8.38. The molecule has 2 aromatic heterocycles. The van der Waals surface area contributed by atoms with Crippen molar-refractivity contribution in [2.24, 2.45) is 0 Å². The predicted molar refractivity (Wildman–Crippen MR) is 134 cm³/mol. The van der Waals surface area contributed by atoms with Gasteiger partial charge >= 0.3 is 0 Å². The maximum absolute atomic E-state index is 12.7. The highest BCUT2D eigenvalue weighted by Gasteiger charge is 2.17. The number of carbonyl (C=O) groups is 1. The lowest BCUT2D eigenvalue weighted by Crippen LogP contribution is -2.35. The van der Waals surface area contributed by atoms with E-state index in [1.165, 1.54) is 9.71 Å². The molecule has 3 aromatic rings. The number of amides is 1.